The van der Waals surface area contributed by atoms with Crippen molar-refractivity contribution in [2.75, 3.05) is 10.2 Å². The number of nitrogens with zero attached hydrogens (tertiary/aromatic N) is 1. The minimum Gasteiger partial charge on any atom is -0.350 e. The number of imide groups is 1. The molecule has 4 rings (SSSR count). The Balaban J connectivity index is 1.82. The van der Waals surface area contributed by atoms with Crippen molar-refractivity contribution >= 4 is 40.4 Å². The summed E-state index contributed by atoms with van der Waals surface area (Å²) >= 11 is 5.87. The molecule has 29 heavy (non-hydrogen) atoms. The number of rotatable bonds is 4. The van der Waals surface area contributed by atoms with E-state index >= 15 is 0 Å². The van der Waals surface area contributed by atoms with Crippen LogP contribution in [0.25, 0.3) is 5.57 Å². The molecule has 2 amide bonds. The van der Waals surface area contributed by atoms with Crippen LogP contribution in [0.15, 0.2) is 78.5 Å². The first-order valence-corrected chi connectivity index (χ1v) is 9.31. The van der Waals surface area contributed by atoms with Crippen LogP contribution < -0.4 is 10.2 Å². The molecule has 1 heterocycles. The van der Waals surface area contributed by atoms with E-state index < -0.39 is 17.6 Å². The molecular weight excluding hydrogens is 391 g/mol. The van der Waals surface area contributed by atoms with Gasteiger partial charge >= 0.3 is 0 Å². The zero-order valence-corrected chi connectivity index (χ0v) is 16.2. The van der Waals surface area contributed by atoms with Gasteiger partial charge in [0.15, 0.2) is 0 Å². The number of hydrogen-bond donors (Lipinski definition) is 1. The summed E-state index contributed by atoms with van der Waals surface area (Å²) in [5.41, 5.74) is 2.92. The molecule has 0 saturated heterocycles. The summed E-state index contributed by atoms with van der Waals surface area (Å²) in [5.74, 6) is -1.65. The molecule has 6 heteroatoms. The number of aryl methyl sites for hydroxylation is 1. The second-order valence-corrected chi connectivity index (χ2v) is 7.06. The van der Waals surface area contributed by atoms with Crippen molar-refractivity contribution in [3.05, 3.63) is 100 Å². The Labute approximate surface area is 172 Å². The Bertz CT molecular complexity index is 1160. The molecule has 0 radical (unpaired) electrons. The van der Waals surface area contributed by atoms with Gasteiger partial charge in [-0.2, -0.15) is 0 Å². The molecule has 3 aromatic rings. The van der Waals surface area contributed by atoms with Crippen molar-refractivity contribution in [2.24, 2.45) is 0 Å². The van der Waals surface area contributed by atoms with Crippen LogP contribution in [0.1, 0.15) is 11.1 Å². The third-order valence-electron chi connectivity index (χ3n) is 4.60. The monoisotopic (exact) mass is 406 g/mol. The maximum Gasteiger partial charge on any atom is 0.282 e. The van der Waals surface area contributed by atoms with Gasteiger partial charge in [-0.25, -0.2) is 9.29 Å². The van der Waals surface area contributed by atoms with E-state index in [-0.39, 0.29) is 22.0 Å². The topological polar surface area (TPSA) is 49.4 Å². The number of amides is 2. The van der Waals surface area contributed by atoms with Gasteiger partial charge in [-0.15, -0.1) is 0 Å². The number of carbonyl (C=O) groups is 2. The minimum absolute atomic E-state index is 0.159. The first-order valence-electron chi connectivity index (χ1n) is 8.93. The zero-order valence-electron chi connectivity index (χ0n) is 15.4. The fourth-order valence-electron chi connectivity index (χ4n) is 3.24. The lowest BCUT2D eigenvalue weighted by molar-refractivity contribution is -0.120. The average molecular weight is 407 g/mol. The van der Waals surface area contributed by atoms with E-state index in [2.05, 4.69) is 5.32 Å². The van der Waals surface area contributed by atoms with E-state index in [1.54, 1.807) is 24.3 Å². The molecule has 4 nitrogen and oxygen atoms in total. The lowest BCUT2D eigenvalue weighted by atomic mass is 10.0. The molecule has 1 aliphatic heterocycles. The number of nitrogens with one attached hydrogen (secondary N) is 1. The zero-order chi connectivity index (χ0) is 20.5. The van der Waals surface area contributed by atoms with Crippen LogP contribution >= 0.6 is 11.6 Å². The summed E-state index contributed by atoms with van der Waals surface area (Å²) in [6.45, 7) is 1.94. The number of halogens is 2. The Morgan fingerprint density at radius 2 is 1.66 bits per heavy atom. The van der Waals surface area contributed by atoms with Crippen molar-refractivity contribution in [1.29, 1.82) is 0 Å². The Morgan fingerprint density at radius 3 is 2.34 bits per heavy atom. The van der Waals surface area contributed by atoms with Crippen molar-refractivity contribution in [3.63, 3.8) is 0 Å². The number of hydrogen-bond acceptors (Lipinski definition) is 3. The largest absolute Gasteiger partial charge is 0.350 e. The Morgan fingerprint density at radius 1 is 0.897 bits per heavy atom. The maximum absolute atomic E-state index is 13.6. The Hall–Kier alpha value is -3.44. The van der Waals surface area contributed by atoms with E-state index in [0.29, 0.717) is 11.3 Å². The van der Waals surface area contributed by atoms with E-state index in [1.807, 2.05) is 37.3 Å². The van der Waals surface area contributed by atoms with Crippen LogP contribution in [0.3, 0.4) is 0 Å². The summed E-state index contributed by atoms with van der Waals surface area (Å²) in [6, 6.07) is 20.2. The molecule has 1 N–H and O–H groups in total. The molecule has 0 spiro atoms. The highest BCUT2D eigenvalue weighted by Gasteiger charge is 2.40. The summed E-state index contributed by atoms with van der Waals surface area (Å²) in [5, 5.41) is 2.93. The third-order valence-corrected chi connectivity index (χ3v) is 4.88. The van der Waals surface area contributed by atoms with Gasteiger partial charge in [0.1, 0.15) is 11.5 Å². The predicted molar refractivity (Wildman–Crippen MR) is 112 cm³/mol. The molecule has 0 unspecified atom stereocenters. The quantitative estimate of drug-likeness (QED) is 0.607. The standard InChI is InChI=1S/C23H16ClFN2O2/c1-14-6-5-9-16(12-14)26-21-20(15-7-3-2-4-8-15)22(28)27(23(21)29)17-10-11-19(25)18(24)13-17/h2-13,26H,1H3. The van der Waals surface area contributed by atoms with Gasteiger partial charge in [0.2, 0.25) is 0 Å². The van der Waals surface area contributed by atoms with Gasteiger partial charge in [0, 0.05) is 5.69 Å². The van der Waals surface area contributed by atoms with Crippen LogP contribution in [0.5, 0.6) is 0 Å². The van der Waals surface area contributed by atoms with E-state index in [0.717, 1.165) is 16.5 Å². The van der Waals surface area contributed by atoms with Crippen LogP contribution in [0.2, 0.25) is 5.02 Å². The van der Waals surface area contributed by atoms with E-state index in [9.17, 15) is 14.0 Å². The van der Waals surface area contributed by atoms with Crippen LogP contribution in [0.4, 0.5) is 15.8 Å². The highest BCUT2D eigenvalue weighted by atomic mass is 35.5. The fraction of sp³-hybridized carbons (Fsp3) is 0.0435. The minimum atomic E-state index is -0.621. The summed E-state index contributed by atoms with van der Waals surface area (Å²) in [6.07, 6.45) is 0. The molecule has 0 aromatic heterocycles. The molecule has 1 aliphatic rings. The van der Waals surface area contributed by atoms with Gasteiger partial charge in [0.25, 0.3) is 11.8 Å². The second-order valence-electron chi connectivity index (χ2n) is 6.65. The summed E-state index contributed by atoms with van der Waals surface area (Å²) < 4.78 is 13.6. The molecule has 144 valence electrons. The smallest absolute Gasteiger partial charge is 0.282 e. The highest BCUT2D eigenvalue weighted by molar-refractivity contribution is 6.46. The van der Waals surface area contributed by atoms with Crippen molar-refractivity contribution in [2.45, 2.75) is 6.92 Å². The lowest BCUT2D eigenvalue weighted by Gasteiger charge is -2.16. The SMILES string of the molecule is Cc1cccc(NC2=C(c3ccccc3)C(=O)N(c3ccc(F)c(Cl)c3)C2=O)c1. The molecule has 0 saturated carbocycles. The van der Waals surface area contributed by atoms with Crippen molar-refractivity contribution in [3.8, 4) is 0 Å². The molecule has 0 aliphatic carbocycles. The average Bonchev–Trinajstić information content (AvgIpc) is 2.95. The van der Waals surface area contributed by atoms with E-state index in [1.165, 1.54) is 12.1 Å². The third kappa shape index (κ3) is 3.52. The molecule has 0 bridgehead atoms. The Kier molecular flexibility index (Phi) is 4.91. The number of anilines is 2. The lowest BCUT2D eigenvalue weighted by Crippen LogP contribution is -2.32. The molecule has 0 atom stereocenters. The van der Waals surface area contributed by atoms with Crippen LogP contribution in [-0.2, 0) is 9.59 Å². The first-order chi connectivity index (χ1) is 14.0. The fourth-order valence-corrected chi connectivity index (χ4v) is 3.42. The first kappa shape index (κ1) is 18.9. The maximum atomic E-state index is 13.6. The molecule has 3 aromatic carbocycles. The van der Waals surface area contributed by atoms with Gasteiger partial charge < -0.3 is 5.32 Å². The number of carbonyl (C=O) groups excluding carboxylic acids is 2. The van der Waals surface area contributed by atoms with Gasteiger partial charge in [-0.05, 0) is 48.4 Å². The summed E-state index contributed by atoms with van der Waals surface area (Å²) in [4.78, 5) is 27.5. The van der Waals surface area contributed by atoms with Crippen LogP contribution in [-0.4, -0.2) is 11.8 Å². The molecule has 0 fully saturated rings. The van der Waals surface area contributed by atoms with E-state index in [4.69, 9.17) is 11.6 Å². The number of benzene rings is 3. The predicted octanol–water partition coefficient (Wildman–Crippen LogP) is 5.18. The van der Waals surface area contributed by atoms with Gasteiger partial charge in [-0.3, -0.25) is 9.59 Å². The van der Waals surface area contributed by atoms with Gasteiger partial charge in [0.05, 0.1) is 16.3 Å². The van der Waals surface area contributed by atoms with Gasteiger partial charge in [-0.1, -0.05) is 54.1 Å². The van der Waals surface area contributed by atoms with Crippen molar-refractivity contribution in [1.82, 2.24) is 0 Å². The normalized spacial score (nSPS) is 14.0. The second kappa shape index (κ2) is 7.53. The highest BCUT2D eigenvalue weighted by Crippen LogP contribution is 2.35. The van der Waals surface area contributed by atoms with Crippen LogP contribution in [0, 0.1) is 12.7 Å². The summed E-state index contributed by atoms with van der Waals surface area (Å²) in [7, 11) is 0. The molecular formula is C23H16ClFN2O2. The van der Waals surface area contributed by atoms with Crippen molar-refractivity contribution < 1.29 is 14.0 Å².